The minimum atomic E-state index is 0.0266. The topological polar surface area (TPSA) is 94.4 Å². The highest BCUT2D eigenvalue weighted by Crippen LogP contribution is 2.26. The van der Waals surface area contributed by atoms with Crippen molar-refractivity contribution in [3.05, 3.63) is 36.2 Å². The first kappa shape index (κ1) is 19.0. The summed E-state index contributed by atoms with van der Waals surface area (Å²) < 4.78 is 12.2. The third kappa shape index (κ3) is 3.80. The van der Waals surface area contributed by atoms with Crippen LogP contribution in [0.15, 0.2) is 30.6 Å². The highest BCUT2D eigenvalue weighted by molar-refractivity contribution is 5.98. The molecular formula is C20H24N6O3. The van der Waals surface area contributed by atoms with Gasteiger partial charge in [0.25, 0.3) is 5.91 Å². The van der Waals surface area contributed by atoms with E-state index in [4.69, 9.17) is 9.47 Å². The van der Waals surface area contributed by atoms with Gasteiger partial charge >= 0.3 is 0 Å². The number of aryl methyl sites for hydroxylation is 1. The van der Waals surface area contributed by atoms with Gasteiger partial charge in [-0.3, -0.25) is 4.79 Å². The first-order valence-electron chi connectivity index (χ1n) is 9.51. The van der Waals surface area contributed by atoms with Gasteiger partial charge in [-0.15, -0.1) is 0 Å². The number of rotatable bonds is 5. The number of amides is 1. The van der Waals surface area contributed by atoms with Crippen LogP contribution in [0, 0.1) is 0 Å². The fraction of sp³-hybridized carbons (Fsp3) is 0.400. The Morgan fingerprint density at radius 3 is 2.66 bits per heavy atom. The van der Waals surface area contributed by atoms with Crippen LogP contribution in [0.3, 0.4) is 0 Å². The van der Waals surface area contributed by atoms with Crippen molar-refractivity contribution in [2.75, 3.05) is 32.6 Å². The Kier molecular flexibility index (Phi) is 5.20. The van der Waals surface area contributed by atoms with Crippen LogP contribution in [-0.4, -0.2) is 63.9 Å². The van der Waals surface area contributed by atoms with Crippen molar-refractivity contribution in [2.24, 2.45) is 7.05 Å². The maximum atomic E-state index is 13.0. The first-order chi connectivity index (χ1) is 14.1. The molecule has 2 aromatic heterocycles. The van der Waals surface area contributed by atoms with Gasteiger partial charge < -0.3 is 19.7 Å². The van der Waals surface area contributed by atoms with Gasteiger partial charge in [-0.05, 0) is 31.0 Å². The lowest BCUT2D eigenvalue weighted by Gasteiger charge is -2.32. The van der Waals surface area contributed by atoms with Gasteiger partial charge in [0.05, 0.1) is 25.1 Å². The summed E-state index contributed by atoms with van der Waals surface area (Å²) in [5, 5.41) is 8.73. The van der Waals surface area contributed by atoms with E-state index in [0.717, 1.165) is 29.6 Å². The van der Waals surface area contributed by atoms with Crippen LogP contribution in [0.1, 0.15) is 23.2 Å². The van der Waals surface area contributed by atoms with Gasteiger partial charge in [-0.2, -0.15) is 5.10 Å². The number of hydrogen-bond acceptors (Lipinski definition) is 7. The van der Waals surface area contributed by atoms with Crippen molar-refractivity contribution in [3.8, 4) is 11.8 Å². The van der Waals surface area contributed by atoms with E-state index >= 15 is 0 Å². The smallest absolute Gasteiger partial charge is 0.253 e. The van der Waals surface area contributed by atoms with E-state index in [1.807, 2.05) is 30.1 Å². The SMILES string of the molecule is COc1cc(NC2CCN(C(=O)c3ccc4c(OC)n(C)nc4c3)CC2)ncn1. The number of nitrogens with zero attached hydrogens (tertiary/aromatic N) is 5. The molecule has 1 aliphatic rings. The lowest BCUT2D eigenvalue weighted by Crippen LogP contribution is -2.42. The first-order valence-corrected chi connectivity index (χ1v) is 9.51. The van der Waals surface area contributed by atoms with Crippen LogP contribution in [0.4, 0.5) is 5.82 Å². The molecule has 0 radical (unpaired) electrons. The molecule has 0 bridgehead atoms. The monoisotopic (exact) mass is 396 g/mol. The summed E-state index contributed by atoms with van der Waals surface area (Å²) in [6.07, 6.45) is 3.16. The Bertz CT molecular complexity index is 1030. The predicted molar refractivity (Wildman–Crippen MR) is 108 cm³/mol. The Morgan fingerprint density at radius 1 is 1.14 bits per heavy atom. The number of piperidine rings is 1. The summed E-state index contributed by atoms with van der Waals surface area (Å²) in [5.41, 5.74) is 1.40. The zero-order valence-electron chi connectivity index (χ0n) is 16.8. The molecule has 1 fully saturated rings. The van der Waals surface area contributed by atoms with Crippen molar-refractivity contribution in [1.29, 1.82) is 0 Å². The maximum absolute atomic E-state index is 13.0. The minimum absolute atomic E-state index is 0.0266. The van der Waals surface area contributed by atoms with Crippen LogP contribution in [0.25, 0.3) is 10.9 Å². The zero-order chi connectivity index (χ0) is 20.4. The van der Waals surface area contributed by atoms with E-state index in [1.165, 1.54) is 6.33 Å². The Labute approximate surface area is 168 Å². The molecule has 1 aromatic carbocycles. The number of hydrogen-bond donors (Lipinski definition) is 1. The normalized spacial score (nSPS) is 14.8. The molecule has 0 saturated carbocycles. The molecule has 1 amide bonds. The molecule has 9 nitrogen and oxygen atoms in total. The molecule has 9 heteroatoms. The maximum Gasteiger partial charge on any atom is 0.253 e. The highest BCUT2D eigenvalue weighted by atomic mass is 16.5. The fourth-order valence-corrected chi connectivity index (χ4v) is 3.70. The summed E-state index contributed by atoms with van der Waals surface area (Å²) in [7, 11) is 5.02. The number of aromatic nitrogens is 4. The van der Waals surface area contributed by atoms with Gasteiger partial charge in [0, 0.05) is 37.8 Å². The fourth-order valence-electron chi connectivity index (χ4n) is 3.70. The van der Waals surface area contributed by atoms with Crippen molar-refractivity contribution in [3.63, 3.8) is 0 Å². The molecule has 152 valence electrons. The average molecular weight is 396 g/mol. The minimum Gasteiger partial charge on any atom is -0.481 e. The van der Waals surface area contributed by atoms with Crippen molar-refractivity contribution in [1.82, 2.24) is 24.6 Å². The van der Waals surface area contributed by atoms with Crippen LogP contribution in [0.2, 0.25) is 0 Å². The largest absolute Gasteiger partial charge is 0.481 e. The second-order valence-corrected chi connectivity index (χ2v) is 7.02. The molecule has 1 saturated heterocycles. The molecule has 0 atom stereocenters. The number of nitrogens with one attached hydrogen (secondary N) is 1. The van der Waals surface area contributed by atoms with E-state index < -0.39 is 0 Å². The van der Waals surface area contributed by atoms with Crippen LogP contribution < -0.4 is 14.8 Å². The molecule has 1 N–H and O–H groups in total. The van der Waals surface area contributed by atoms with Crippen molar-refractivity contribution >= 4 is 22.6 Å². The summed E-state index contributed by atoms with van der Waals surface area (Å²) in [6.45, 7) is 1.37. The predicted octanol–water partition coefficient (Wildman–Crippen LogP) is 2.10. The Balaban J connectivity index is 1.40. The quantitative estimate of drug-likeness (QED) is 0.706. The van der Waals surface area contributed by atoms with Gasteiger partial charge in [0.2, 0.25) is 11.8 Å². The van der Waals surface area contributed by atoms with Crippen molar-refractivity contribution in [2.45, 2.75) is 18.9 Å². The molecular weight excluding hydrogens is 372 g/mol. The molecule has 0 aliphatic carbocycles. The van der Waals surface area contributed by atoms with E-state index in [9.17, 15) is 4.79 Å². The van der Waals surface area contributed by atoms with Crippen molar-refractivity contribution < 1.29 is 14.3 Å². The zero-order valence-corrected chi connectivity index (χ0v) is 16.8. The lowest BCUT2D eigenvalue weighted by molar-refractivity contribution is 0.0718. The number of methoxy groups -OCH3 is 2. The number of ether oxygens (including phenoxy) is 2. The molecule has 4 rings (SSSR count). The third-order valence-corrected chi connectivity index (χ3v) is 5.21. The van der Waals surface area contributed by atoms with E-state index in [1.54, 1.807) is 25.0 Å². The number of benzene rings is 1. The standard InChI is InChI=1S/C20H24N6O3/c1-25-20(29-3)15-5-4-13(10-16(15)24-25)19(27)26-8-6-14(7-9-26)23-17-11-18(28-2)22-12-21-17/h4-5,10-12,14H,6-9H2,1-3H3,(H,21,22,23). The molecule has 29 heavy (non-hydrogen) atoms. The Morgan fingerprint density at radius 2 is 1.93 bits per heavy atom. The second kappa shape index (κ2) is 7.94. The van der Waals surface area contributed by atoms with E-state index in [0.29, 0.717) is 30.4 Å². The molecule has 1 aliphatic heterocycles. The Hall–Kier alpha value is -3.36. The summed E-state index contributed by atoms with van der Waals surface area (Å²) in [4.78, 5) is 23.1. The van der Waals surface area contributed by atoms with Gasteiger partial charge in [0.1, 0.15) is 12.1 Å². The molecule has 3 heterocycles. The molecule has 0 unspecified atom stereocenters. The van der Waals surface area contributed by atoms with Gasteiger partial charge in [-0.25, -0.2) is 14.6 Å². The summed E-state index contributed by atoms with van der Waals surface area (Å²) >= 11 is 0. The third-order valence-electron chi connectivity index (χ3n) is 5.21. The number of likely N-dealkylation sites (tertiary alicyclic amines) is 1. The summed E-state index contributed by atoms with van der Waals surface area (Å²) in [6, 6.07) is 7.59. The molecule has 0 spiro atoms. The highest BCUT2D eigenvalue weighted by Gasteiger charge is 2.24. The average Bonchev–Trinajstić information content (AvgIpc) is 3.08. The van der Waals surface area contributed by atoms with Crippen LogP contribution >= 0.6 is 0 Å². The van der Waals surface area contributed by atoms with Crippen LogP contribution in [-0.2, 0) is 7.05 Å². The van der Waals surface area contributed by atoms with E-state index in [-0.39, 0.29) is 11.9 Å². The van der Waals surface area contributed by atoms with Crippen LogP contribution in [0.5, 0.6) is 11.8 Å². The second-order valence-electron chi connectivity index (χ2n) is 7.02. The number of anilines is 1. The molecule has 3 aromatic rings. The van der Waals surface area contributed by atoms with E-state index in [2.05, 4.69) is 20.4 Å². The number of carbonyl (C=O) groups is 1. The number of fused-ring (bicyclic) bond motifs is 1. The number of carbonyl (C=O) groups excluding carboxylic acids is 1. The van der Waals surface area contributed by atoms with Gasteiger partial charge in [0.15, 0.2) is 0 Å². The van der Waals surface area contributed by atoms with Gasteiger partial charge in [-0.1, -0.05) is 0 Å². The summed E-state index contributed by atoms with van der Waals surface area (Å²) in [5.74, 6) is 1.97. The lowest BCUT2D eigenvalue weighted by atomic mass is 10.0.